The zero-order valence-corrected chi connectivity index (χ0v) is 12.5. The van der Waals surface area contributed by atoms with E-state index in [4.69, 9.17) is 14.6 Å². The first-order valence-electron chi connectivity index (χ1n) is 7.17. The SMILES string of the molecule is COCCn1cnnc1CN1C(=O)C[C@H]2NCC[C@H]21.O=CO. The average molecular weight is 311 g/mol. The van der Waals surface area contributed by atoms with Crippen molar-refractivity contribution in [1.29, 1.82) is 0 Å². The fourth-order valence-electron chi connectivity index (χ4n) is 2.96. The number of likely N-dealkylation sites (tertiary alicyclic amines) is 1. The quantitative estimate of drug-likeness (QED) is 0.677. The Morgan fingerprint density at radius 1 is 1.59 bits per heavy atom. The first kappa shape index (κ1) is 16.4. The van der Waals surface area contributed by atoms with E-state index in [1.165, 1.54) is 0 Å². The summed E-state index contributed by atoms with van der Waals surface area (Å²) in [6.45, 7) is 2.63. The molecule has 1 aromatic rings. The van der Waals surface area contributed by atoms with E-state index in [0.29, 0.717) is 38.2 Å². The van der Waals surface area contributed by atoms with Crippen molar-refractivity contribution in [3.05, 3.63) is 12.2 Å². The monoisotopic (exact) mass is 311 g/mol. The van der Waals surface area contributed by atoms with Gasteiger partial charge in [-0.05, 0) is 13.0 Å². The van der Waals surface area contributed by atoms with Crippen LogP contribution in [0.3, 0.4) is 0 Å². The third kappa shape index (κ3) is 3.60. The summed E-state index contributed by atoms with van der Waals surface area (Å²) in [7, 11) is 1.67. The molecule has 3 rings (SSSR count). The lowest BCUT2D eigenvalue weighted by Crippen LogP contribution is -2.36. The molecule has 2 N–H and O–H groups in total. The number of carboxylic acid groups (broad SMARTS) is 1. The van der Waals surface area contributed by atoms with E-state index >= 15 is 0 Å². The van der Waals surface area contributed by atoms with Gasteiger partial charge in [-0.25, -0.2) is 0 Å². The maximum atomic E-state index is 12.0. The molecular formula is C13H21N5O4. The molecule has 0 aromatic carbocycles. The number of carbonyl (C=O) groups excluding carboxylic acids is 1. The van der Waals surface area contributed by atoms with Gasteiger partial charge in [-0.1, -0.05) is 0 Å². The van der Waals surface area contributed by atoms with Gasteiger partial charge >= 0.3 is 0 Å². The van der Waals surface area contributed by atoms with Gasteiger partial charge < -0.3 is 24.6 Å². The van der Waals surface area contributed by atoms with E-state index in [1.54, 1.807) is 13.4 Å². The number of rotatable bonds is 5. The summed E-state index contributed by atoms with van der Waals surface area (Å²) in [5.41, 5.74) is 0. The lowest BCUT2D eigenvalue weighted by Gasteiger charge is -2.23. The van der Waals surface area contributed by atoms with Crippen LogP contribution in [0, 0.1) is 0 Å². The van der Waals surface area contributed by atoms with Crippen molar-refractivity contribution < 1.29 is 19.4 Å². The molecule has 2 atom stereocenters. The van der Waals surface area contributed by atoms with Gasteiger partial charge in [-0.15, -0.1) is 10.2 Å². The molecule has 9 nitrogen and oxygen atoms in total. The number of hydrogen-bond donors (Lipinski definition) is 2. The van der Waals surface area contributed by atoms with Gasteiger partial charge in [0.1, 0.15) is 6.33 Å². The second-order valence-corrected chi connectivity index (χ2v) is 5.18. The fourth-order valence-corrected chi connectivity index (χ4v) is 2.96. The molecular weight excluding hydrogens is 290 g/mol. The second kappa shape index (κ2) is 7.85. The molecule has 2 aliphatic rings. The van der Waals surface area contributed by atoms with Gasteiger partial charge in [0, 0.05) is 32.2 Å². The maximum absolute atomic E-state index is 12.0. The zero-order valence-electron chi connectivity index (χ0n) is 12.5. The third-order valence-corrected chi connectivity index (χ3v) is 3.97. The molecule has 9 heteroatoms. The summed E-state index contributed by atoms with van der Waals surface area (Å²) in [5.74, 6) is 1.04. The van der Waals surface area contributed by atoms with Crippen LogP contribution >= 0.6 is 0 Å². The lowest BCUT2D eigenvalue weighted by atomic mass is 10.1. The van der Waals surface area contributed by atoms with E-state index < -0.39 is 0 Å². The minimum atomic E-state index is -0.250. The van der Waals surface area contributed by atoms with Crippen molar-refractivity contribution in [3.63, 3.8) is 0 Å². The molecule has 0 spiro atoms. The van der Waals surface area contributed by atoms with Crippen LogP contribution in [-0.4, -0.2) is 69.5 Å². The van der Waals surface area contributed by atoms with E-state index in [2.05, 4.69) is 15.5 Å². The van der Waals surface area contributed by atoms with Crippen molar-refractivity contribution >= 4 is 12.4 Å². The molecule has 3 heterocycles. The topological polar surface area (TPSA) is 110 Å². The molecule has 122 valence electrons. The van der Waals surface area contributed by atoms with Gasteiger partial charge in [0.15, 0.2) is 5.82 Å². The third-order valence-electron chi connectivity index (χ3n) is 3.97. The van der Waals surface area contributed by atoms with Gasteiger partial charge in [0.05, 0.1) is 13.2 Å². The summed E-state index contributed by atoms with van der Waals surface area (Å²) in [5, 5.41) is 18.3. The standard InChI is InChI=1S/C12H19N5O2.CH2O2/c1-19-5-4-16-8-14-15-11(16)7-17-10-2-3-13-9(10)6-12(17)18;2-1-3/h8-10,13H,2-7H2,1H3;1H,(H,2,3)/t9-,10-;/m1./s1. The Morgan fingerprint density at radius 2 is 2.36 bits per heavy atom. The Bertz CT molecular complexity index is 506. The van der Waals surface area contributed by atoms with E-state index in [0.717, 1.165) is 18.8 Å². The van der Waals surface area contributed by atoms with Crippen LogP contribution < -0.4 is 5.32 Å². The summed E-state index contributed by atoms with van der Waals surface area (Å²) >= 11 is 0. The van der Waals surface area contributed by atoms with Gasteiger partial charge in [-0.2, -0.15) is 0 Å². The number of carbonyl (C=O) groups is 2. The van der Waals surface area contributed by atoms with Crippen LogP contribution in [0.1, 0.15) is 18.7 Å². The number of fused-ring (bicyclic) bond motifs is 1. The van der Waals surface area contributed by atoms with Gasteiger partial charge in [0.25, 0.3) is 6.47 Å². The molecule has 1 aromatic heterocycles. The van der Waals surface area contributed by atoms with Crippen molar-refractivity contribution in [1.82, 2.24) is 25.0 Å². The first-order valence-corrected chi connectivity index (χ1v) is 7.17. The Kier molecular flexibility index (Phi) is 5.84. The summed E-state index contributed by atoms with van der Waals surface area (Å²) in [4.78, 5) is 22.3. The molecule has 22 heavy (non-hydrogen) atoms. The van der Waals surface area contributed by atoms with Crippen molar-refractivity contribution in [2.75, 3.05) is 20.3 Å². The number of methoxy groups -OCH3 is 1. The molecule has 2 aliphatic heterocycles. The number of nitrogens with one attached hydrogen (secondary N) is 1. The molecule has 0 saturated carbocycles. The summed E-state index contributed by atoms with van der Waals surface area (Å²) < 4.78 is 7.01. The predicted molar refractivity (Wildman–Crippen MR) is 76.0 cm³/mol. The Morgan fingerprint density at radius 3 is 3.09 bits per heavy atom. The molecule has 2 saturated heterocycles. The second-order valence-electron chi connectivity index (χ2n) is 5.18. The highest BCUT2D eigenvalue weighted by Crippen LogP contribution is 2.27. The molecule has 1 amide bonds. The van der Waals surface area contributed by atoms with Crippen LogP contribution in [0.2, 0.25) is 0 Å². The normalized spacial score (nSPS) is 23.1. The maximum Gasteiger partial charge on any atom is 0.290 e. The summed E-state index contributed by atoms with van der Waals surface area (Å²) in [6, 6.07) is 0.642. The summed E-state index contributed by atoms with van der Waals surface area (Å²) in [6.07, 6.45) is 3.33. The van der Waals surface area contributed by atoms with E-state index in [9.17, 15) is 4.79 Å². The van der Waals surface area contributed by atoms with E-state index in [-0.39, 0.29) is 12.4 Å². The molecule has 0 radical (unpaired) electrons. The van der Waals surface area contributed by atoms with Gasteiger partial charge in [-0.3, -0.25) is 9.59 Å². The number of hydrogen-bond acceptors (Lipinski definition) is 6. The largest absolute Gasteiger partial charge is 0.483 e. The number of ether oxygens (including phenoxy) is 1. The minimum Gasteiger partial charge on any atom is -0.483 e. The van der Waals surface area contributed by atoms with Crippen LogP contribution in [-0.2, 0) is 27.4 Å². The van der Waals surface area contributed by atoms with Crippen LogP contribution in [0.5, 0.6) is 0 Å². The Balaban J connectivity index is 0.000000545. The molecule has 2 fully saturated rings. The predicted octanol–water partition coefficient (Wildman–Crippen LogP) is -0.912. The highest BCUT2D eigenvalue weighted by atomic mass is 16.5. The number of aromatic nitrogens is 3. The van der Waals surface area contributed by atoms with E-state index in [1.807, 2.05) is 9.47 Å². The average Bonchev–Trinajstić information content (AvgIpc) is 3.17. The Hall–Kier alpha value is -2.00. The van der Waals surface area contributed by atoms with Crippen LogP contribution in [0.25, 0.3) is 0 Å². The molecule has 0 unspecified atom stereocenters. The van der Waals surface area contributed by atoms with Crippen molar-refractivity contribution in [2.45, 2.75) is 38.0 Å². The molecule has 0 bridgehead atoms. The fraction of sp³-hybridized carbons (Fsp3) is 0.692. The number of amides is 1. The van der Waals surface area contributed by atoms with Crippen LogP contribution in [0.4, 0.5) is 0 Å². The Labute approximate surface area is 128 Å². The first-order chi connectivity index (χ1) is 10.7. The minimum absolute atomic E-state index is 0.212. The number of nitrogens with zero attached hydrogens (tertiary/aromatic N) is 4. The van der Waals surface area contributed by atoms with Crippen molar-refractivity contribution in [3.8, 4) is 0 Å². The lowest BCUT2D eigenvalue weighted by molar-refractivity contribution is -0.129. The highest BCUT2D eigenvalue weighted by molar-refractivity contribution is 5.80. The molecule has 0 aliphatic carbocycles. The zero-order chi connectivity index (χ0) is 15.9. The smallest absolute Gasteiger partial charge is 0.290 e. The van der Waals surface area contributed by atoms with Crippen molar-refractivity contribution in [2.24, 2.45) is 0 Å². The van der Waals surface area contributed by atoms with Crippen LogP contribution in [0.15, 0.2) is 6.33 Å². The van der Waals surface area contributed by atoms with Gasteiger partial charge in [0.2, 0.25) is 5.91 Å². The highest BCUT2D eigenvalue weighted by Gasteiger charge is 2.42.